The van der Waals surface area contributed by atoms with E-state index in [0.717, 1.165) is 19.3 Å². The molecule has 4 nitrogen and oxygen atoms in total. The Kier molecular flexibility index (Phi) is 4.04. The molecule has 19 heavy (non-hydrogen) atoms. The Labute approximate surface area is 112 Å². The summed E-state index contributed by atoms with van der Waals surface area (Å²) in [7, 11) is 1.38. The van der Waals surface area contributed by atoms with Crippen molar-refractivity contribution in [1.29, 1.82) is 0 Å². The standard InChI is InChI=1S/C14H19FN2O2/c1-19-12-9-10(5-6-11(12)15)17-13(18)14(16)7-3-2-4-8-14/h5-6,9H,2-4,7-8,16H2,1H3,(H,17,18). The molecule has 1 saturated carbocycles. The van der Waals surface area contributed by atoms with Crippen LogP contribution in [0, 0.1) is 5.82 Å². The van der Waals surface area contributed by atoms with Gasteiger partial charge in [0.15, 0.2) is 11.6 Å². The molecule has 0 bridgehead atoms. The van der Waals surface area contributed by atoms with Gasteiger partial charge in [-0.2, -0.15) is 0 Å². The molecule has 0 radical (unpaired) electrons. The molecule has 3 N–H and O–H groups in total. The van der Waals surface area contributed by atoms with Gasteiger partial charge in [-0.15, -0.1) is 0 Å². The van der Waals surface area contributed by atoms with Gasteiger partial charge < -0.3 is 15.8 Å². The summed E-state index contributed by atoms with van der Waals surface area (Å²) in [5.74, 6) is -0.561. The summed E-state index contributed by atoms with van der Waals surface area (Å²) in [5.41, 5.74) is 5.83. The zero-order valence-corrected chi connectivity index (χ0v) is 11.0. The average molecular weight is 266 g/mol. The van der Waals surface area contributed by atoms with E-state index in [1.807, 2.05) is 0 Å². The van der Waals surface area contributed by atoms with Gasteiger partial charge in [-0.3, -0.25) is 4.79 Å². The lowest BCUT2D eigenvalue weighted by atomic mass is 9.82. The number of hydrogen-bond acceptors (Lipinski definition) is 3. The Balaban J connectivity index is 2.10. The number of ether oxygens (including phenoxy) is 1. The second-order valence-electron chi connectivity index (χ2n) is 5.02. The third-order valence-electron chi connectivity index (χ3n) is 3.61. The minimum atomic E-state index is -0.806. The summed E-state index contributed by atoms with van der Waals surface area (Å²) in [6, 6.07) is 4.22. The fourth-order valence-corrected chi connectivity index (χ4v) is 2.40. The van der Waals surface area contributed by atoms with Crippen LogP contribution in [0.15, 0.2) is 18.2 Å². The van der Waals surface area contributed by atoms with Crippen molar-refractivity contribution in [3.05, 3.63) is 24.0 Å². The second-order valence-corrected chi connectivity index (χ2v) is 5.02. The number of halogens is 1. The molecule has 0 saturated heterocycles. The first kappa shape index (κ1) is 13.8. The lowest BCUT2D eigenvalue weighted by Gasteiger charge is -2.31. The predicted octanol–water partition coefficient (Wildman–Crippen LogP) is 2.43. The third-order valence-corrected chi connectivity index (χ3v) is 3.61. The molecule has 5 heteroatoms. The maximum Gasteiger partial charge on any atom is 0.244 e. The number of hydrogen-bond donors (Lipinski definition) is 2. The van der Waals surface area contributed by atoms with Crippen LogP contribution in [0.1, 0.15) is 32.1 Å². The molecule has 0 atom stereocenters. The minimum Gasteiger partial charge on any atom is -0.494 e. The summed E-state index contributed by atoms with van der Waals surface area (Å²) < 4.78 is 18.2. The maximum atomic E-state index is 13.3. The highest BCUT2D eigenvalue weighted by atomic mass is 19.1. The highest BCUT2D eigenvalue weighted by molar-refractivity contribution is 5.98. The Morgan fingerprint density at radius 2 is 2.05 bits per heavy atom. The first-order chi connectivity index (χ1) is 9.05. The van der Waals surface area contributed by atoms with Crippen molar-refractivity contribution in [3.63, 3.8) is 0 Å². The molecule has 0 aromatic heterocycles. The Hall–Kier alpha value is -1.62. The molecule has 0 spiro atoms. The number of rotatable bonds is 3. The summed E-state index contributed by atoms with van der Waals surface area (Å²) in [6.45, 7) is 0. The van der Waals surface area contributed by atoms with Crippen LogP contribution in [0.5, 0.6) is 5.75 Å². The molecule has 1 amide bonds. The van der Waals surface area contributed by atoms with E-state index in [4.69, 9.17) is 10.5 Å². The molecular weight excluding hydrogens is 247 g/mol. The third kappa shape index (κ3) is 3.04. The first-order valence-corrected chi connectivity index (χ1v) is 6.49. The van der Waals surface area contributed by atoms with Gasteiger partial charge in [0, 0.05) is 11.8 Å². The zero-order chi connectivity index (χ0) is 13.9. The number of benzene rings is 1. The van der Waals surface area contributed by atoms with E-state index in [1.54, 1.807) is 0 Å². The largest absolute Gasteiger partial charge is 0.494 e. The molecule has 1 aliphatic carbocycles. The number of anilines is 1. The van der Waals surface area contributed by atoms with Gasteiger partial charge in [-0.1, -0.05) is 19.3 Å². The number of methoxy groups -OCH3 is 1. The van der Waals surface area contributed by atoms with E-state index in [2.05, 4.69) is 5.32 Å². The predicted molar refractivity (Wildman–Crippen MR) is 71.6 cm³/mol. The van der Waals surface area contributed by atoms with Crippen molar-refractivity contribution < 1.29 is 13.9 Å². The summed E-state index contributed by atoms with van der Waals surface area (Å²) in [5, 5.41) is 2.74. The van der Waals surface area contributed by atoms with Crippen LogP contribution in [0.2, 0.25) is 0 Å². The Morgan fingerprint density at radius 1 is 1.37 bits per heavy atom. The fraction of sp³-hybridized carbons (Fsp3) is 0.500. The SMILES string of the molecule is COc1cc(NC(=O)C2(N)CCCCC2)ccc1F. The van der Waals surface area contributed by atoms with E-state index in [9.17, 15) is 9.18 Å². The van der Waals surface area contributed by atoms with Gasteiger partial charge in [0.2, 0.25) is 5.91 Å². The number of nitrogens with two attached hydrogens (primary N) is 1. The van der Waals surface area contributed by atoms with Crippen molar-refractivity contribution in [2.45, 2.75) is 37.6 Å². The zero-order valence-electron chi connectivity index (χ0n) is 11.0. The monoisotopic (exact) mass is 266 g/mol. The van der Waals surface area contributed by atoms with Crippen LogP contribution in [0.4, 0.5) is 10.1 Å². The molecule has 0 aliphatic heterocycles. The molecule has 1 aromatic rings. The van der Waals surface area contributed by atoms with Crippen LogP contribution >= 0.6 is 0 Å². The topological polar surface area (TPSA) is 64.3 Å². The average Bonchev–Trinajstić information content (AvgIpc) is 2.41. The maximum absolute atomic E-state index is 13.3. The molecule has 0 heterocycles. The van der Waals surface area contributed by atoms with E-state index < -0.39 is 11.4 Å². The quantitative estimate of drug-likeness (QED) is 0.883. The normalized spacial score (nSPS) is 17.8. The van der Waals surface area contributed by atoms with Gasteiger partial charge in [-0.25, -0.2) is 4.39 Å². The summed E-state index contributed by atoms with van der Waals surface area (Å²) >= 11 is 0. The van der Waals surface area contributed by atoms with Crippen LogP contribution in [0.3, 0.4) is 0 Å². The smallest absolute Gasteiger partial charge is 0.244 e. The van der Waals surface area contributed by atoms with Gasteiger partial charge in [0.25, 0.3) is 0 Å². The molecule has 1 fully saturated rings. The van der Waals surface area contributed by atoms with Gasteiger partial charge in [0.05, 0.1) is 12.6 Å². The second kappa shape index (κ2) is 5.57. The number of nitrogens with one attached hydrogen (secondary N) is 1. The van der Waals surface area contributed by atoms with E-state index >= 15 is 0 Å². The first-order valence-electron chi connectivity index (χ1n) is 6.49. The van der Waals surface area contributed by atoms with Crippen molar-refractivity contribution in [3.8, 4) is 5.75 Å². The molecule has 2 rings (SSSR count). The van der Waals surface area contributed by atoms with E-state index in [-0.39, 0.29) is 11.7 Å². The van der Waals surface area contributed by atoms with Gasteiger partial charge in [-0.05, 0) is 25.0 Å². The molecule has 104 valence electrons. The highest BCUT2D eigenvalue weighted by Crippen LogP contribution is 2.28. The van der Waals surface area contributed by atoms with E-state index in [1.165, 1.54) is 25.3 Å². The molecule has 1 aliphatic rings. The summed E-state index contributed by atoms with van der Waals surface area (Å²) in [4.78, 5) is 12.2. The highest BCUT2D eigenvalue weighted by Gasteiger charge is 2.35. The van der Waals surface area contributed by atoms with Gasteiger partial charge in [0.1, 0.15) is 0 Å². The number of carbonyl (C=O) groups excluding carboxylic acids is 1. The van der Waals surface area contributed by atoms with Crippen molar-refractivity contribution in [2.75, 3.05) is 12.4 Å². The Morgan fingerprint density at radius 3 is 2.68 bits per heavy atom. The minimum absolute atomic E-state index is 0.104. The Bertz CT molecular complexity index is 471. The van der Waals surface area contributed by atoms with Crippen molar-refractivity contribution in [1.82, 2.24) is 0 Å². The summed E-state index contributed by atoms with van der Waals surface area (Å²) in [6.07, 6.45) is 4.44. The van der Waals surface area contributed by atoms with E-state index in [0.29, 0.717) is 18.5 Å². The van der Waals surface area contributed by atoms with Crippen molar-refractivity contribution in [2.24, 2.45) is 5.73 Å². The fourth-order valence-electron chi connectivity index (χ4n) is 2.40. The lowest BCUT2D eigenvalue weighted by molar-refractivity contribution is -0.122. The number of amides is 1. The van der Waals surface area contributed by atoms with Crippen LogP contribution < -0.4 is 15.8 Å². The molecule has 0 unspecified atom stereocenters. The van der Waals surface area contributed by atoms with Gasteiger partial charge >= 0.3 is 0 Å². The van der Waals surface area contributed by atoms with Crippen LogP contribution in [-0.2, 0) is 4.79 Å². The number of carbonyl (C=O) groups is 1. The van der Waals surface area contributed by atoms with Crippen LogP contribution in [-0.4, -0.2) is 18.6 Å². The lowest BCUT2D eigenvalue weighted by Crippen LogP contribution is -2.52. The van der Waals surface area contributed by atoms with Crippen molar-refractivity contribution >= 4 is 11.6 Å². The van der Waals surface area contributed by atoms with Crippen LogP contribution in [0.25, 0.3) is 0 Å². The molecular formula is C14H19FN2O2. The molecule has 1 aromatic carbocycles.